The van der Waals surface area contributed by atoms with Crippen molar-refractivity contribution >= 4 is 12.1 Å². The SMILES string of the molecule is CCCC(CNC(=O)Oc1ccccc1)C(=O)O. The minimum Gasteiger partial charge on any atom is -0.481 e. The number of hydrogen-bond donors (Lipinski definition) is 2. The molecule has 1 aromatic rings. The highest BCUT2D eigenvalue weighted by atomic mass is 16.6. The molecule has 5 nitrogen and oxygen atoms in total. The van der Waals surface area contributed by atoms with Crippen LogP contribution in [0.3, 0.4) is 0 Å². The minimum absolute atomic E-state index is 0.0782. The predicted octanol–water partition coefficient (Wildman–Crippen LogP) is 2.28. The van der Waals surface area contributed by atoms with Gasteiger partial charge in [-0.05, 0) is 18.6 Å². The first kappa shape index (κ1) is 14.0. The van der Waals surface area contributed by atoms with Crippen LogP contribution in [0.4, 0.5) is 4.79 Å². The topological polar surface area (TPSA) is 75.6 Å². The number of amides is 1. The van der Waals surface area contributed by atoms with Crippen molar-refractivity contribution < 1.29 is 19.4 Å². The Kier molecular flexibility index (Phi) is 5.70. The number of aliphatic carboxylic acids is 1. The lowest BCUT2D eigenvalue weighted by Crippen LogP contribution is -2.34. The van der Waals surface area contributed by atoms with Crippen molar-refractivity contribution in [1.29, 1.82) is 0 Å². The standard InChI is InChI=1S/C13H17NO4/c1-2-6-10(12(15)16)9-14-13(17)18-11-7-4-3-5-8-11/h3-5,7-8,10H,2,6,9H2,1H3,(H,14,17)(H,15,16). The summed E-state index contributed by atoms with van der Waals surface area (Å²) < 4.78 is 4.98. The molecule has 0 spiro atoms. The molecule has 1 amide bonds. The summed E-state index contributed by atoms with van der Waals surface area (Å²) in [5, 5.41) is 11.4. The Balaban J connectivity index is 2.38. The molecule has 1 atom stereocenters. The molecule has 0 fully saturated rings. The van der Waals surface area contributed by atoms with Crippen molar-refractivity contribution in [3.8, 4) is 5.75 Å². The zero-order valence-corrected chi connectivity index (χ0v) is 10.3. The first-order chi connectivity index (χ1) is 8.63. The Labute approximate surface area is 106 Å². The number of carboxylic acid groups (broad SMARTS) is 1. The van der Waals surface area contributed by atoms with Crippen molar-refractivity contribution in [2.24, 2.45) is 5.92 Å². The summed E-state index contributed by atoms with van der Waals surface area (Å²) in [6.07, 6.45) is 0.649. The molecule has 0 saturated carbocycles. The first-order valence-corrected chi connectivity index (χ1v) is 5.87. The number of para-hydroxylation sites is 1. The largest absolute Gasteiger partial charge is 0.481 e. The number of carboxylic acids is 1. The average Bonchev–Trinajstić information content (AvgIpc) is 2.35. The number of hydrogen-bond acceptors (Lipinski definition) is 3. The molecular weight excluding hydrogens is 234 g/mol. The van der Waals surface area contributed by atoms with Crippen molar-refractivity contribution in [3.63, 3.8) is 0 Å². The fourth-order valence-corrected chi connectivity index (χ4v) is 1.50. The smallest absolute Gasteiger partial charge is 0.412 e. The molecule has 98 valence electrons. The second kappa shape index (κ2) is 7.32. The number of carbonyl (C=O) groups is 2. The van der Waals surface area contributed by atoms with E-state index in [2.05, 4.69) is 5.32 Å². The van der Waals surface area contributed by atoms with E-state index < -0.39 is 18.0 Å². The highest BCUT2D eigenvalue weighted by Gasteiger charge is 2.17. The van der Waals surface area contributed by atoms with Crippen molar-refractivity contribution in [2.75, 3.05) is 6.54 Å². The Morgan fingerprint density at radius 3 is 2.56 bits per heavy atom. The third-order valence-electron chi connectivity index (χ3n) is 2.43. The van der Waals surface area contributed by atoms with Gasteiger partial charge in [0.25, 0.3) is 0 Å². The van der Waals surface area contributed by atoms with Crippen LogP contribution in [0.2, 0.25) is 0 Å². The number of rotatable bonds is 6. The van der Waals surface area contributed by atoms with E-state index in [1.807, 2.05) is 13.0 Å². The summed E-state index contributed by atoms with van der Waals surface area (Å²) in [5.41, 5.74) is 0. The third kappa shape index (κ3) is 4.86. The fourth-order valence-electron chi connectivity index (χ4n) is 1.50. The number of nitrogens with one attached hydrogen (secondary N) is 1. The zero-order valence-electron chi connectivity index (χ0n) is 10.3. The number of carbonyl (C=O) groups excluding carboxylic acids is 1. The summed E-state index contributed by atoms with van der Waals surface area (Å²) in [4.78, 5) is 22.3. The van der Waals surface area contributed by atoms with Gasteiger partial charge in [0.2, 0.25) is 0 Å². The molecule has 0 bridgehead atoms. The maximum Gasteiger partial charge on any atom is 0.412 e. The van der Waals surface area contributed by atoms with Crippen LogP contribution in [0.1, 0.15) is 19.8 Å². The van der Waals surface area contributed by atoms with Gasteiger partial charge in [-0.3, -0.25) is 4.79 Å². The lowest BCUT2D eigenvalue weighted by Gasteiger charge is -2.12. The maximum absolute atomic E-state index is 11.4. The van der Waals surface area contributed by atoms with E-state index in [4.69, 9.17) is 9.84 Å². The highest BCUT2D eigenvalue weighted by molar-refractivity contribution is 5.73. The van der Waals surface area contributed by atoms with Gasteiger partial charge in [0.1, 0.15) is 5.75 Å². The summed E-state index contributed by atoms with van der Waals surface area (Å²) >= 11 is 0. The van der Waals surface area contributed by atoms with E-state index in [0.717, 1.165) is 6.42 Å². The van der Waals surface area contributed by atoms with E-state index in [-0.39, 0.29) is 6.54 Å². The molecule has 5 heteroatoms. The van der Waals surface area contributed by atoms with E-state index in [1.165, 1.54) is 0 Å². The van der Waals surface area contributed by atoms with E-state index in [0.29, 0.717) is 12.2 Å². The molecule has 1 aromatic carbocycles. The monoisotopic (exact) mass is 251 g/mol. The van der Waals surface area contributed by atoms with Gasteiger partial charge in [-0.2, -0.15) is 0 Å². The van der Waals surface area contributed by atoms with E-state index >= 15 is 0 Å². The average molecular weight is 251 g/mol. The van der Waals surface area contributed by atoms with Gasteiger partial charge in [0, 0.05) is 6.54 Å². The first-order valence-electron chi connectivity index (χ1n) is 5.87. The summed E-state index contributed by atoms with van der Waals surface area (Å²) in [6.45, 7) is 1.98. The maximum atomic E-state index is 11.4. The normalized spacial score (nSPS) is 11.6. The van der Waals surface area contributed by atoms with Crippen LogP contribution >= 0.6 is 0 Å². The molecule has 1 rings (SSSR count). The van der Waals surface area contributed by atoms with Crippen LogP contribution in [0.15, 0.2) is 30.3 Å². The second-order valence-corrected chi connectivity index (χ2v) is 3.91. The van der Waals surface area contributed by atoms with Crippen LogP contribution in [-0.4, -0.2) is 23.7 Å². The van der Waals surface area contributed by atoms with Gasteiger partial charge in [0.15, 0.2) is 0 Å². The predicted molar refractivity (Wildman–Crippen MR) is 66.5 cm³/mol. The Morgan fingerprint density at radius 1 is 1.33 bits per heavy atom. The molecule has 0 heterocycles. The van der Waals surface area contributed by atoms with Gasteiger partial charge < -0.3 is 15.2 Å². The number of benzene rings is 1. The second-order valence-electron chi connectivity index (χ2n) is 3.91. The molecule has 0 radical (unpaired) electrons. The van der Waals surface area contributed by atoms with Gasteiger partial charge >= 0.3 is 12.1 Å². The van der Waals surface area contributed by atoms with E-state index in [9.17, 15) is 9.59 Å². The van der Waals surface area contributed by atoms with Gasteiger partial charge in [-0.15, -0.1) is 0 Å². The van der Waals surface area contributed by atoms with Gasteiger partial charge in [-0.1, -0.05) is 31.5 Å². The van der Waals surface area contributed by atoms with E-state index in [1.54, 1.807) is 24.3 Å². The molecular formula is C13H17NO4. The Bertz CT molecular complexity index is 391. The summed E-state index contributed by atoms with van der Waals surface area (Å²) in [7, 11) is 0. The van der Waals surface area contributed by atoms with Crippen molar-refractivity contribution in [3.05, 3.63) is 30.3 Å². The van der Waals surface area contributed by atoms with Crippen molar-refractivity contribution in [2.45, 2.75) is 19.8 Å². The summed E-state index contributed by atoms with van der Waals surface area (Å²) in [5.74, 6) is -1.05. The quantitative estimate of drug-likeness (QED) is 0.813. The minimum atomic E-state index is -0.906. The highest BCUT2D eigenvalue weighted by Crippen LogP contribution is 2.09. The lowest BCUT2D eigenvalue weighted by atomic mass is 10.0. The molecule has 0 aliphatic heterocycles. The molecule has 0 aliphatic rings. The molecule has 2 N–H and O–H groups in total. The van der Waals surface area contributed by atoms with Crippen LogP contribution in [0, 0.1) is 5.92 Å². The van der Waals surface area contributed by atoms with Gasteiger partial charge in [0.05, 0.1) is 5.92 Å². The van der Waals surface area contributed by atoms with Crippen LogP contribution in [0.25, 0.3) is 0 Å². The van der Waals surface area contributed by atoms with Crippen molar-refractivity contribution in [1.82, 2.24) is 5.32 Å². The van der Waals surface area contributed by atoms with Crippen LogP contribution in [-0.2, 0) is 4.79 Å². The molecule has 18 heavy (non-hydrogen) atoms. The lowest BCUT2D eigenvalue weighted by molar-refractivity contribution is -0.141. The Morgan fingerprint density at radius 2 is 2.00 bits per heavy atom. The Hall–Kier alpha value is -2.04. The fraction of sp³-hybridized carbons (Fsp3) is 0.385. The number of ether oxygens (including phenoxy) is 1. The molecule has 0 saturated heterocycles. The van der Waals surface area contributed by atoms with Crippen LogP contribution < -0.4 is 10.1 Å². The van der Waals surface area contributed by atoms with Crippen LogP contribution in [0.5, 0.6) is 5.75 Å². The third-order valence-corrected chi connectivity index (χ3v) is 2.43. The molecule has 0 aliphatic carbocycles. The summed E-state index contributed by atoms with van der Waals surface area (Å²) in [6, 6.07) is 8.62. The molecule has 1 unspecified atom stereocenters. The molecule has 0 aromatic heterocycles. The van der Waals surface area contributed by atoms with Gasteiger partial charge in [-0.25, -0.2) is 4.79 Å². The zero-order chi connectivity index (χ0) is 13.4.